The van der Waals surface area contributed by atoms with E-state index >= 15 is 0 Å². The molecule has 0 bridgehead atoms. The first-order valence-electron chi connectivity index (χ1n) is 7.20. The summed E-state index contributed by atoms with van der Waals surface area (Å²) in [6.45, 7) is 6.74. The van der Waals surface area contributed by atoms with Crippen LogP contribution in [0.25, 0.3) is 0 Å². The van der Waals surface area contributed by atoms with Gasteiger partial charge >= 0.3 is 0 Å². The van der Waals surface area contributed by atoms with E-state index in [0.717, 1.165) is 42.1 Å². The van der Waals surface area contributed by atoms with Crippen LogP contribution >= 0.6 is 11.6 Å². The third-order valence-corrected chi connectivity index (χ3v) is 3.84. The van der Waals surface area contributed by atoms with Gasteiger partial charge in [0.25, 0.3) is 0 Å². The molecule has 2 nitrogen and oxygen atoms in total. The Morgan fingerprint density at radius 3 is 2.79 bits per heavy atom. The molecule has 0 saturated heterocycles. The van der Waals surface area contributed by atoms with Crippen molar-refractivity contribution in [2.45, 2.75) is 58.4 Å². The summed E-state index contributed by atoms with van der Waals surface area (Å²) < 4.78 is 0. The smallest absolute Gasteiger partial charge is 0.0875 e. The van der Waals surface area contributed by atoms with E-state index in [-0.39, 0.29) is 5.54 Å². The molecule has 1 atom stereocenters. The SMILES string of the molecule is CCCC1=Nc2cc(Cl)ccc2NC(C)(CCC)C1. The molecule has 0 radical (unpaired) electrons. The van der Waals surface area contributed by atoms with E-state index in [2.05, 4.69) is 26.1 Å². The maximum atomic E-state index is 6.09. The Hall–Kier alpha value is -1.02. The third kappa shape index (κ3) is 3.50. The highest BCUT2D eigenvalue weighted by molar-refractivity contribution is 6.31. The lowest BCUT2D eigenvalue weighted by molar-refractivity contribution is 0.481. The van der Waals surface area contributed by atoms with Gasteiger partial charge < -0.3 is 5.32 Å². The molecule has 0 aromatic heterocycles. The van der Waals surface area contributed by atoms with Crippen molar-refractivity contribution >= 4 is 28.7 Å². The van der Waals surface area contributed by atoms with Crippen molar-refractivity contribution in [1.82, 2.24) is 0 Å². The number of rotatable bonds is 4. The standard InChI is InChI=1S/C16H23ClN2/c1-4-6-13-11-16(3,9-5-2)19-14-8-7-12(17)10-15(14)18-13/h7-8,10,19H,4-6,9,11H2,1-3H3. The molecular weight excluding hydrogens is 256 g/mol. The average molecular weight is 279 g/mol. The number of halogens is 1. The largest absolute Gasteiger partial charge is 0.378 e. The number of benzene rings is 1. The van der Waals surface area contributed by atoms with Crippen LogP contribution in [0.2, 0.25) is 5.02 Å². The van der Waals surface area contributed by atoms with Gasteiger partial charge in [-0.3, -0.25) is 4.99 Å². The lowest BCUT2D eigenvalue weighted by Gasteiger charge is -2.31. The van der Waals surface area contributed by atoms with Gasteiger partial charge in [-0.05, 0) is 38.0 Å². The first-order chi connectivity index (χ1) is 9.06. The fourth-order valence-electron chi connectivity index (χ4n) is 2.87. The van der Waals surface area contributed by atoms with Crippen molar-refractivity contribution < 1.29 is 0 Å². The van der Waals surface area contributed by atoms with Gasteiger partial charge in [0.2, 0.25) is 0 Å². The minimum Gasteiger partial charge on any atom is -0.378 e. The Kier molecular flexibility index (Phi) is 4.51. The van der Waals surface area contributed by atoms with Crippen LogP contribution in [-0.4, -0.2) is 11.3 Å². The normalized spacial score (nSPS) is 22.2. The van der Waals surface area contributed by atoms with Crippen molar-refractivity contribution in [2.24, 2.45) is 4.99 Å². The summed E-state index contributed by atoms with van der Waals surface area (Å²) in [5.74, 6) is 0. The molecule has 1 heterocycles. The van der Waals surface area contributed by atoms with Crippen molar-refractivity contribution in [3.05, 3.63) is 23.2 Å². The molecule has 0 saturated carbocycles. The minimum absolute atomic E-state index is 0.0990. The van der Waals surface area contributed by atoms with Crippen LogP contribution in [0.4, 0.5) is 11.4 Å². The summed E-state index contributed by atoms with van der Waals surface area (Å²) in [7, 11) is 0. The molecule has 0 fully saturated rings. The Balaban J connectivity index is 2.41. The van der Waals surface area contributed by atoms with E-state index in [9.17, 15) is 0 Å². The van der Waals surface area contributed by atoms with E-state index in [0.29, 0.717) is 0 Å². The summed E-state index contributed by atoms with van der Waals surface area (Å²) in [5.41, 5.74) is 3.47. The minimum atomic E-state index is 0.0990. The second-order valence-corrected chi connectivity index (χ2v) is 6.14. The van der Waals surface area contributed by atoms with Crippen molar-refractivity contribution in [3.8, 4) is 0 Å². The van der Waals surface area contributed by atoms with E-state index < -0.39 is 0 Å². The third-order valence-electron chi connectivity index (χ3n) is 3.61. The molecule has 3 heteroatoms. The van der Waals surface area contributed by atoms with E-state index in [1.165, 1.54) is 12.1 Å². The first-order valence-corrected chi connectivity index (χ1v) is 7.58. The number of nitrogens with zero attached hydrogens (tertiary/aromatic N) is 1. The van der Waals surface area contributed by atoms with Gasteiger partial charge in [-0.15, -0.1) is 0 Å². The fraction of sp³-hybridized carbons (Fsp3) is 0.562. The van der Waals surface area contributed by atoms with E-state index in [1.54, 1.807) is 0 Å². The molecule has 104 valence electrons. The maximum absolute atomic E-state index is 6.09. The molecule has 19 heavy (non-hydrogen) atoms. The highest BCUT2D eigenvalue weighted by Crippen LogP contribution is 2.37. The second-order valence-electron chi connectivity index (χ2n) is 5.70. The van der Waals surface area contributed by atoms with E-state index in [4.69, 9.17) is 16.6 Å². The van der Waals surface area contributed by atoms with Crippen LogP contribution < -0.4 is 5.32 Å². The summed E-state index contributed by atoms with van der Waals surface area (Å²) in [5, 5.41) is 4.43. The van der Waals surface area contributed by atoms with Crippen LogP contribution in [0.1, 0.15) is 52.9 Å². The number of fused-ring (bicyclic) bond motifs is 1. The number of hydrogen-bond donors (Lipinski definition) is 1. The summed E-state index contributed by atoms with van der Waals surface area (Å²) in [6, 6.07) is 5.93. The van der Waals surface area contributed by atoms with E-state index in [1.807, 2.05) is 18.2 Å². The van der Waals surface area contributed by atoms with Crippen LogP contribution in [0.5, 0.6) is 0 Å². The zero-order valence-electron chi connectivity index (χ0n) is 12.1. The highest BCUT2D eigenvalue weighted by atomic mass is 35.5. The molecule has 0 aliphatic carbocycles. The van der Waals surface area contributed by atoms with Gasteiger partial charge in [0.05, 0.1) is 11.4 Å². The summed E-state index contributed by atoms with van der Waals surface area (Å²) >= 11 is 6.09. The second kappa shape index (κ2) is 5.96. The molecule has 0 spiro atoms. The predicted octanol–water partition coefficient (Wildman–Crippen LogP) is 5.59. The summed E-state index contributed by atoms with van der Waals surface area (Å²) in [6.07, 6.45) is 5.54. The van der Waals surface area contributed by atoms with Gasteiger partial charge in [-0.1, -0.05) is 38.3 Å². The Morgan fingerprint density at radius 2 is 2.11 bits per heavy atom. The maximum Gasteiger partial charge on any atom is 0.0875 e. The quantitative estimate of drug-likeness (QED) is 0.763. The highest BCUT2D eigenvalue weighted by Gasteiger charge is 2.28. The van der Waals surface area contributed by atoms with Crippen LogP contribution in [0.3, 0.4) is 0 Å². The Bertz CT molecular complexity index is 482. The first kappa shape index (κ1) is 14.4. The van der Waals surface area contributed by atoms with Crippen LogP contribution in [-0.2, 0) is 0 Å². The topological polar surface area (TPSA) is 24.4 Å². The molecule has 0 amide bonds. The zero-order chi connectivity index (χ0) is 13.9. The number of nitrogens with one attached hydrogen (secondary N) is 1. The van der Waals surface area contributed by atoms with Gasteiger partial charge in [-0.25, -0.2) is 0 Å². The predicted molar refractivity (Wildman–Crippen MR) is 85.0 cm³/mol. The van der Waals surface area contributed by atoms with Crippen molar-refractivity contribution in [2.75, 3.05) is 5.32 Å². The number of aliphatic imine (C=N–C) groups is 1. The molecule has 2 rings (SSSR count). The van der Waals surface area contributed by atoms with Crippen molar-refractivity contribution in [1.29, 1.82) is 0 Å². The number of hydrogen-bond acceptors (Lipinski definition) is 2. The van der Waals surface area contributed by atoms with Crippen LogP contribution in [0.15, 0.2) is 23.2 Å². The molecule has 1 N–H and O–H groups in total. The van der Waals surface area contributed by atoms with Crippen molar-refractivity contribution in [3.63, 3.8) is 0 Å². The molecular formula is C16H23ClN2. The van der Waals surface area contributed by atoms with Gasteiger partial charge in [-0.2, -0.15) is 0 Å². The number of anilines is 1. The molecule has 1 aliphatic rings. The Morgan fingerprint density at radius 1 is 1.32 bits per heavy atom. The fourth-order valence-corrected chi connectivity index (χ4v) is 3.03. The Labute approximate surface area is 121 Å². The van der Waals surface area contributed by atoms with Gasteiger partial charge in [0.15, 0.2) is 0 Å². The van der Waals surface area contributed by atoms with Crippen LogP contribution in [0, 0.1) is 0 Å². The van der Waals surface area contributed by atoms with Gasteiger partial charge in [0.1, 0.15) is 0 Å². The average Bonchev–Trinajstić information content (AvgIpc) is 2.45. The van der Waals surface area contributed by atoms with Gasteiger partial charge in [0, 0.05) is 22.7 Å². The lowest BCUT2D eigenvalue weighted by atomic mass is 9.88. The molecule has 1 aliphatic heterocycles. The summed E-state index contributed by atoms with van der Waals surface area (Å²) in [4.78, 5) is 4.84. The lowest BCUT2D eigenvalue weighted by Crippen LogP contribution is -2.36. The monoisotopic (exact) mass is 278 g/mol. The molecule has 1 aromatic rings. The molecule has 1 unspecified atom stereocenters. The molecule has 1 aromatic carbocycles. The zero-order valence-corrected chi connectivity index (χ0v) is 12.8.